The van der Waals surface area contributed by atoms with Crippen molar-refractivity contribution in [3.8, 4) is 0 Å². The van der Waals surface area contributed by atoms with E-state index in [2.05, 4.69) is 15.5 Å². The number of likely N-dealkylation sites (tertiary alicyclic amines) is 1. The maximum atomic E-state index is 14.2. The summed E-state index contributed by atoms with van der Waals surface area (Å²) >= 11 is 6.12. The molecule has 0 bridgehead atoms. The number of carbonyl (C=O) groups excluding carboxylic acids is 1. The van der Waals surface area contributed by atoms with Gasteiger partial charge < -0.3 is 19.7 Å². The van der Waals surface area contributed by atoms with Gasteiger partial charge in [0.05, 0.1) is 19.8 Å². The summed E-state index contributed by atoms with van der Waals surface area (Å²) in [6.45, 7) is 6.68. The van der Waals surface area contributed by atoms with Gasteiger partial charge in [-0.25, -0.2) is 9.18 Å². The van der Waals surface area contributed by atoms with Crippen molar-refractivity contribution in [2.45, 2.75) is 58.0 Å². The van der Waals surface area contributed by atoms with Gasteiger partial charge in [-0.1, -0.05) is 11.6 Å². The lowest BCUT2D eigenvalue weighted by Gasteiger charge is -2.36. The number of alkyl halides is 1. The van der Waals surface area contributed by atoms with Crippen molar-refractivity contribution >= 4 is 23.5 Å². The first-order valence-electron chi connectivity index (χ1n) is 8.73. The lowest BCUT2D eigenvalue weighted by atomic mass is 10.0. The highest BCUT2D eigenvalue weighted by atomic mass is 35.5. The summed E-state index contributed by atoms with van der Waals surface area (Å²) in [5.74, 6) is 0.535. The number of fused-ring (bicyclic) bond motifs is 1. The molecule has 0 aromatic carbocycles. The number of aromatic nitrogens is 2. The second kappa shape index (κ2) is 7.52. The fourth-order valence-electron chi connectivity index (χ4n) is 3.17. The van der Waals surface area contributed by atoms with Crippen LogP contribution in [-0.2, 0) is 22.5 Å². The molecule has 0 spiro atoms. The van der Waals surface area contributed by atoms with E-state index >= 15 is 0 Å². The molecule has 2 atom stereocenters. The number of anilines is 1. The van der Waals surface area contributed by atoms with Gasteiger partial charge in [-0.05, 0) is 27.2 Å². The van der Waals surface area contributed by atoms with Crippen LogP contribution in [0.25, 0.3) is 0 Å². The highest BCUT2D eigenvalue weighted by molar-refractivity contribution is 6.30. The molecule has 26 heavy (non-hydrogen) atoms. The predicted octanol–water partition coefficient (Wildman–Crippen LogP) is 2.96. The van der Waals surface area contributed by atoms with Gasteiger partial charge in [0, 0.05) is 30.1 Å². The van der Waals surface area contributed by atoms with E-state index < -0.39 is 17.9 Å². The molecule has 1 N–H and O–H groups in total. The lowest BCUT2D eigenvalue weighted by Crippen LogP contribution is -2.51. The third-order valence-electron chi connectivity index (χ3n) is 4.27. The molecule has 7 nitrogen and oxygen atoms in total. The lowest BCUT2D eigenvalue weighted by molar-refractivity contribution is 0.0124. The molecular formula is C17H24ClFN4O3. The summed E-state index contributed by atoms with van der Waals surface area (Å²) in [5, 5.41) is 11.7. The molecule has 1 fully saturated rings. The van der Waals surface area contributed by atoms with E-state index in [0.717, 1.165) is 11.1 Å². The molecule has 9 heteroatoms. The summed E-state index contributed by atoms with van der Waals surface area (Å²) in [5.41, 5.74) is 1.13. The van der Waals surface area contributed by atoms with Crippen LogP contribution < -0.4 is 5.32 Å². The van der Waals surface area contributed by atoms with E-state index in [1.165, 1.54) is 4.90 Å². The van der Waals surface area contributed by atoms with E-state index in [1.54, 1.807) is 20.8 Å². The van der Waals surface area contributed by atoms with Gasteiger partial charge in [0.25, 0.3) is 0 Å². The summed E-state index contributed by atoms with van der Waals surface area (Å²) in [7, 11) is 0. The first-order valence-corrected chi connectivity index (χ1v) is 9.11. The van der Waals surface area contributed by atoms with E-state index in [0.29, 0.717) is 37.2 Å². The quantitative estimate of drug-likeness (QED) is 0.842. The number of carbonyl (C=O) groups is 1. The van der Waals surface area contributed by atoms with Crippen molar-refractivity contribution in [1.29, 1.82) is 0 Å². The Morgan fingerprint density at radius 1 is 1.35 bits per heavy atom. The summed E-state index contributed by atoms with van der Waals surface area (Å²) < 4.78 is 25.1. The van der Waals surface area contributed by atoms with E-state index in [1.807, 2.05) is 0 Å². The smallest absolute Gasteiger partial charge is 0.410 e. The second-order valence-corrected chi connectivity index (χ2v) is 8.02. The monoisotopic (exact) mass is 386 g/mol. The SMILES string of the molecule is CC(C)(C)OC(=O)N1C[C@H](F)C[C@@H](Nc2nnc(Cl)c3c2COCC3)C1. The minimum absolute atomic E-state index is 0.0284. The number of ether oxygens (including phenoxy) is 2. The van der Waals surface area contributed by atoms with Gasteiger partial charge in [-0.15, -0.1) is 10.2 Å². The predicted molar refractivity (Wildman–Crippen MR) is 95.1 cm³/mol. The standard InChI is InChI=1S/C17H24ClFN4O3/c1-17(2,3)26-16(24)23-7-10(19)6-11(8-23)20-15-13-9-25-5-4-12(13)14(18)21-22-15/h10-11H,4-9H2,1-3H3,(H,20,22)/t10-,11-/m1/s1. The Labute approximate surface area is 157 Å². The van der Waals surface area contributed by atoms with Crippen LogP contribution in [0.2, 0.25) is 5.15 Å². The fourth-order valence-corrected chi connectivity index (χ4v) is 3.41. The second-order valence-electron chi connectivity index (χ2n) is 7.66. The van der Waals surface area contributed by atoms with Crippen LogP contribution in [0.5, 0.6) is 0 Å². The van der Waals surface area contributed by atoms with E-state index in [4.69, 9.17) is 21.1 Å². The Morgan fingerprint density at radius 2 is 2.12 bits per heavy atom. The first kappa shape index (κ1) is 19.1. The molecule has 3 heterocycles. The van der Waals surface area contributed by atoms with Crippen LogP contribution >= 0.6 is 11.6 Å². The van der Waals surface area contributed by atoms with Crippen molar-refractivity contribution in [2.24, 2.45) is 0 Å². The normalized spacial score (nSPS) is 23.3. The number of hydrogen-bond donors (Lipinski definition) is 1. The molecule has 3 rings (SSSR count). The maximum absolute atomic E-state index is 14.2. The summed E-state index contributed by atoms with van der Waals surface area (Å²) in [6.07, 6.45) is -0.710. The van der Waals surface area contributed by atoms with Crippen LogP contribution in [0.1, 0.15) is 38.3 Å². The molecule has 144 valence electrons. The van der Waals surface area contributed by atoms with Gasteiger partial charge in [0.1, 0.15) is 11.8 Å². The van der Waals surface area contributed by atoms with Crippen molar-refractivity contribution in [3.05, 3.63) is 16.3 Å². The zero-order valence-electron chi connectivity index (χ0n) is 15.2. The highest BCUT2D eigenvalue weighted by Gasteiger charge is 2.33. The number of piperidine rings is 1. The zero-order chi connectivity index (χ0) is 18.9. The highest BCUT2D eigenvalue weighted by Crippen LogP contribution is 2.29. The van der Waals surface area contributed by atoms with E-state index in [9.17, 15) is 9.18 Å². The maximum Gasteiger partial charge on any atom is 0.410 e. The van der Waals surface area contributed by atoms with Crippen LogP contribution in [0.3, 0.4) is 0 Å². The molecule has 0 saturated carbocycles. The van der Waals surface area contributed by atoms with Gasteiger partial charge >= 0.3 is 6.09 Å². The average Bonchev–Trinajstić information content (AvgIpc) is 2.56. The minimum Gasteiger partial charge on any atom is -0.444 e. The minimum atomic E-state index is -1.14. The Kier molecular flexibility index (Phi) is 5.53. The Bertz CT molecular complexity index is 683. The number of amides is 1. The number of nitrogens with one attached hydrogen (secondary N) is 1. The Morgan fingerprint density at radius 3 is 2.85 bits per heavy atom. The molecule has 2 aliphatic rings. The van der Waals surface area contributed by atoms with Crippen LogP contribution in [0.15, 0.2) is 0 Å². The number of halogens is 2. The zero-order valence-corrected chi connectivity index (χ0v) is 16.0. The first-order chi connectivity index (χ1) is 12.2. The van der Waals surface area contributed by atoms with Gasteiger partial charge in [-0.3, -0.25) is 0 Å². The number of hydrogen-bond acceptors (Lipinski definition) is 6. The molecule has 0 aliphatic carbocycles. The molecule has 1 saturated heterocycles. The number of rotatable bonds is 2. The molecular weight excluding hydrogens is 363 g/mol. The van der Waals surface area contributed by atoms with Crippen molar-refractivity contribution < 1.29 is 18.7 Å². The molecule has 0 unspecified atom stereocenters. The van der Waals surface area contributed by atoms with Crippen molar-refractivity contribution in [2.75, 3.05) is 25.0 Å². The molecule has 1 aromatic rings. The van der Waals surface area contributed by atoms with E-state index in [-0.39, 0.29) is 19.0 Å². The Balaban J connectivity index is 1.73. The fraction of sp³-hybridized carbons (Fsp3) is 0.706. The molecule has 1 amide bonds. The Hall–Kier alpha value is -1.67. The largest absolute Gasteiger partial charge is 0.444 e. The molecule has 1 aromatic heterocycles. The van der Waals surface area contributed by atoms with Crippen LogP contribution in [-0.4, -0.2) is 58.7 Å². The summed E-state index contributed by atoms with van der Waals surface area (Å²) in [4.78, 5) is 13.7. The van der Waals surface area contributed by atoms with Gasteiger partial charge in [-0.2, -0.15) is 0 Å². The van der Waals surface area contributed by atoms with Gasteiger partial charge in [0.2, 0.25) is 0 Å². The number of nitrogens with zero attached hydrogens (tertiary/aromatic N) is 3. The van der Waals surface area contributed by atoms with Crippen molar-refractivity contribution in [3.63, 3.8) is 0 Å². The third kappa shape index (κ3) is 4.54. The topological polar surface area (TPSA) is 76.6 Å². The van der Waals surface area contributed by atoms with Gasteiger partial charge in [0.15, 0.2) is 11.0 Å². The summed E-state index contributed by atoms with van der Waals surface area (Å²) in [6, 6.07) is -0.298. The van der Waals surface area contributed by atoms with Crippen molar-refractivity contribution in [1.82, 2.24) is 15.1 Å². The molecule has 2 aliphatic heterocycles. The third-order valence-corrected chi connectivity index (χ3v) is 4.58. The van der Waals surface area contributed by atoms with Crippen LogP contribution in [0, 0.1) is 0 Å². The molecule has 0 radical (unpaired) electrons. The average molecular weight is 387 g/mol. The van der Waals surface area contributed by atoms with Crippen LogP contribution in [0.4, 0.5) is 15.0 Å².